The van der Waals surface area contributed by atoms with E-state index >= 15 is 0 Å². The minimum Gasteiger partial charge on any atom is -0.484 e. The van der Waals surface area contributed by atoms with Gasteiger partial charge in [-0.15, -0.1) is 0 Å². The van der Waals surface area contributed by atoms with E-state index in [4.69, 9.17) is 10.5 Å². The van der Waals surface area contributed by atoms with E-state index in [0.717, 1.165) is 5.00 Å². The van der Waals surface area contributed by atoms with Gasteiger partial charge in [0.05, 0.1) is 6.10 Å². The molecule has 2 aromatic heterocycles. The van der Waals surface area contributed by atoms with E-state index in [-0.39, 0.29) is 6.10 Å². The topological polar surface area (TPSA) is 99.1 Å². The Morgan fingerprint density at radius 3 is 3.06 bits per heavy atom. The number of nitrogens with zero attached hydrogens (tertiary/aromatic N) is 3. The molecule has 8 heteroatoms. The first kappa shape index (κ1) is 12.6. The van der Waals surface area contributed by atoms with Crippen molar-refractivity contribution in [2.45, 2.75) is 26.4 Å². The van der Waals surface area contributed by atoms with Crippen LogP contribution in [0.25, 0.3) is 0 Å². The molecule has 0 spiro atoms. The van der Waals surface area contributed by atoms with Crippen LogP contribution < -0.4 is 15.8 Å². The Labute approximate surface area is 109 Å². The van der Waals surface area contributed by atoms with Gasteiger partial charge in [0, 0.05) is 13.0 Å². The van der Waals surface area contributed by atoms with Crippen molar-refractivity contribution in [2.75, 3.05) is 17.6 Å². The highest BCUT2D eigenvalue weighted by atomic mass is 32.1. The predicted molar refractivity (Wildman–Crippen MR) is 68.8 cm³/mol. The van der Waals surface area contributed by atoms with Crippen LogP contribution in [0.3, 0.4) is 0 Å². The van der Waals surface area contributed by atoms with E-state index in [0.29, 0.717) is 30.4 Å². The highest BCUT2D eigenvalue weighted by molar-refractivity contribution is 7.11. The first-order valence-corrected chi connectivity index (χ1v) is 6.35. The second-order valence-electron chi connectivity index (χ2n) is 3.92. The maximum Gasteiger partial charge on any atom is 0.213 e. The molecule has 0 aliphatic heterocycles. The van der Waals surface area contributed by atoms with Gasteiger partial charge in [-0.3, -0.25) is 0 Å². The van der Waals surface area contributed by atoms with Gasteiger partial charge in [-0.1, -0.05) is 5.16 Å². The summed E-state index contributed by atoms with van der Waals surface area (Å²) in [7, 11) is 0. The smallest absolute Gasteiger partial charge is 0.213 e. The van der Waals surface area contributed by atoms with Gasteiger partial charge in [0.15, 0.2) is 22.4 Å². The number of hydrogen-bond donors (Lipinski definition) is 2. The monoisotopic (exact) mass is 269 g/mol. The molecular weight excluding hydrogens is 254 g/mol. The van der Waals surface area contributed by atoms with Crippen LogP contribution in [0.1, 0.15) is 19.7 Å². The summed E-state index contributed by atoms with van der Waals surface area (Å²) in [5.74, 6) is 1.69. The zero-order chi connectivity index (χ0) is 13.0. The van der Waals surface area contributed by atoms with Crippen LogP contribution in [0.15, 0.2) is 10.9 Å². The molecular formula is C10H15N5O2S. The molecule has 0 bridgehead atoms. The second-order valence-corrected chi connectivity index (χ2v) is 4.69. The standard InChI is InChI=1S/C10H15N5O2S/c1-6(2)17-8-9(11)15-18-10(8)12-4-3-7-13-5-16-14-7/h5-6,12H,3-4H2,1-2H3,(H2,11,15). The molecule has 0 aliphatic carbocycles. The summed E-state index contributed by atoms with van der Waals surface area (Å²) in [6, 6.07) is 0. The normalized spacial score (nSPS) is 10.8. The molecule has 0 aromatic carbocycles. The minimum absolute atomic E-state index is 0.0569. The van der Waals surface area contributed by atoms with Crippen LogP contribution in [0.5, 0.6) is 5.75 Å². The number of nitrogens with two attached hydrogens (primary N) is 1. The number of nitrogens with one attached hydrogen (secondary N) is 1. The van der Waals surface area contributed by atoms with Crippen LogP contribution in [-0.4, -0.2) is 27.2 Å². The van der Waals surface area contributed by atoms with Gasteiger partial charge in [-0.2, -0.15) is 9.36 Å². The van der Waals surface area contributed by atoms with Gasteiger partial charge < -0.3 is 20.3 Å². The molecule has 2 heterocycles. The lowest BCUT2D eigenvalue weighted by Crippen LogP contribution is -2.10. The molecule has 0 amide bonds. The Morgan fingerprint density at radius 2 is 2.39 bits per heavy atom. The third kappa shape index (κ3) is 3.10. The van der Waals surface area contributed by atoms with Crippen LogP contribution in [0.2, 0.25) is 0 Å². The number of rotatable bonds is 6. The van der Waals surface area contributed by atoms with Gasteiger partial charge in [-0.25, -0.2) is 0 Å². The first-order valence-electron chi connectivity index (χ1n) is 5.57. The third-order valence-corrected chi connectivity index (χ3v) is 2.87. The largest absolute Gasteiger partial charge is 0.484 e. The lowest BCUT2D eigenvalue weighted by atomic mass is 10.4. The predicted octanol–water partition coefficient (Wildman–Crippen LogP) is 1.55. The highest BCUT2D eigenvalue weighted by Crippen LogP contribution is 2.35. The zero-order valence-corrected chi connectivity index (χ0v) is 11.0. The SMILES string of the molecule is CC(C)Oc1c(N)nsc1NCCc1ncon1. The van der Waals surface area contributed by atoms with Gasteiger partial charge in [-0.05, 0) is 25.4 Å². The minimum atomic E-state index is 0.0569. The van der Waals surface area contributed by atoms with Gasteiger partial charge in [0.1, 0.15) is 0 Å². The summed E-state index contributed by atoms with van der Waals surface area (Å²) in [6.45, 7) is 4.55. The second kappa shape index (κ2) is 5.67. The summed E-state index contributed by atoms with van der Waals surface area (Å²) >= 11 is 1.28. The molecule has 0 aliphatic rings. The molecule has 2 rings (SSSR count). The fraction of sp³-hybridized carbons (Fsp3) is 0.500. The van der Waals surface area contributed by atoms with Crippen molar-refractivity contribution in [3.63, 3.8) is 0 Å². The van der Waals surface area contributed by atoms with Crippen LogP contribution in [0, 0.1) is 0 Å². The molecule has 3 N–H and O–H groups in total. The Bertz CT molecular complexity index is 482. The van der Waals surface area contributed by atoms with Crippen molar-refractivity contribution >= 4 is 22.4 Å². The van der Waals surface area contributed by atoms with E-state index in [9.17, 15) is 0 Å². The molecule has 7 nitrogen and oxygen atoms in total. The zero-order valence-electron chi connectivity index (χ0n) is 10.2. The summed E-state index contributed by atoms with van der Waals surface area (Å²) < 4.78 is 14.3. The lowest BCUT2D eigenvalue weighted by Gasteiger charge is -2.11. The molecule has 0 radical (unpaired) electrons. The van der Waals surface area contributed by atoms with Crippen molar-refractivity contribution in [1.29, 1.82) is 0 Å². The van der Waals surface area contributed by atoms with Crippen molar-refractivity contribution < 1.29 is 9.26 Å². The van der Waals surface area contributed by atoms with Gasteiger partial charge in [0.2, 0.25) is 6.39 Å². The van der Waals surface area contributed by atoms with Gasteiger partial charge in [0.25, 0.3) is 0 Å². The van der Waals surface area contributed by atoms with Crippen LogP contribution in [0.4, 0.5) is 10.8 Å². The molecule has 0 unspecified atom stereocenters. The number of ether oxygens (including phenoxy) is 1. The van der Waals surface area contributed by atoms with Crippen molar-refractivity contribution in [3.05, 3.63) is 12.2 Å². The number of nitrogen functional groups attached to an aromatic ring is 1. The summed E-state index contributed by atoms with van der Waals surface area (Å²) in [6.07, 6.45) is 2.03. The van der Waals surface area contributed by atoms with Crippen molar-refractivity contribution in [3.8, 4) is 5.75 Å². The first-order chi connectivity index (χ1) is 8.66. The van der Waals surface area contributed by atoms with E-state index in [1.807, 2.05) is 13.8 Å². The summed E-state index contributed by atoms with van der Waals surface area (Å²) in [5, 5.41) is 7.76. The Kier molecular flexibility index (Phi) is 3.98. The van der Waals surface area contributed by atoms with E-state index in [1.165, 1.54) is 17.9 Å². The molecule has 0 saturated heterocycles. The quantitative estimate of drug-likeness (QED) is 0.820. The van der Waals surface area contributed by atoms with Crippen molar-refractivity contribution in [1.82, 2.24) is 14.5 Å². The Hall–Kier alpha value is -1.83. The maximum absolute atomic E-state index is 5.75. The molecule has 0 fully saturated rings. The molecule has 0 saturated carbocycles. The summed E-state index contributed by atoms with van der Waals surface area (Å²) in [5.41, 5.74) is 5.75. The number of aromatic nitrogens is 3. The number of hydrogen-bond acceptors (Lipinski definition) is 8. The average molecular weight is 269 g/mol. The van der Waals surface area contributed by atoms with Crippen LogP contribution >= 0.6 is 11.5 Å². The Balaban J connectivity index is 1.92. The molecule has 2 aromatic rings. The van der Waals surface area contributed by atoms with Gasteiger partial charge >= 0.3 is 0 Å². The highest BCUT2D eigenvalue weighted by Gasteiger charge is 2.14. The average Bonchev–Trinajstić information content (AvgIpc) is 2.93. The Morgan fingerprint density at radius 1 is 1.56 bits per heavy atom. The fourth-order valence-electron chi connectivity index (χ4n) is 1.35. The lowest BCUT2D eigenvalue weighted by molar-refractivity contribution is 0.245. The van der Waals surface area contributed by atoms with Crippen LogP contribution in [-0.2, 0) is 6.42 Å². The maximum atomic E-state index is 5.75. The fourth-order valence-corrected chi connectivity index (χ4v) is 2.02. The molecule has 0 atom stereocenters. The van der Waals surface area contributed by atoms with E-state index in [1.54, 1.807) is 0 Å². The van der Waals surface area contributed by atoms with E-state index < -0.39 is 0 Å². The summed E-state index contributed by atoms with van der Waals surface area (Å²) in [4.78, 5) is 3.94. The third-order valence-electron chi connectivity index (χ3n) is 2.07. The molecule has 18 heavy (non-hydrogen) atoms. The van der Waals surface area contributed by atoms with E-state index in [2.05, 4.69) is 24.4 Å². The number of anilines is 2. The molecule has 98 valence electrons. The van der Waals surface area contributed by atoms with Crippen molar-refractivity contribution in [2.24, 2.45) is 0 Å².